The van der Waals surface area contributed by atoms with Crippen LogP contribution in [0.2, 0.25) is 0 Å². The number of anilines is 1. The summed E-state index contributed by atoms with van der Waals surface area (Å²) in [5.74, 6) is 2.50. The first kappa shape index (κ1) is 13.0. The first-order valence-corrected chi connectivity index (χ1v) is 7.95. The van der Waals surface area contributed by atoms with Crippen LogP contribution in [0, 0.1) is 6.92 Å². The maximum atomic E-state index is 4.67. The molecule has 0 aromatic carbocycles. The Hall–Kier alpha value is -1.01. The largest absolute Gasteiger partial charge is 0.354 e. The van der Waals surface area contributed by atoms with Crippen molar-refractivity contribution in [2.75, 3.05) is 11.9 Å². The SMILES string of the molecule is Cc1ncsc1CN(C)c1cc(Br)nc(C2CC2)n1. The van der Waals surface area contributed by atoms with Gasteiger partial charge in [-0.25, -0.2) is 15.0 Å². The number of halogens is 1. The van der Waals surface area contributed by atoms with Crippen molar-refractivity contribution in [3.05, 3.63) is 32.6 Å². The standard InChI is InChI=1S/C13H15BrN4S/c1-8-10(19-7-15-8)6-18(2)12-5-11(14)16-13(17-12)9-3-4-9/h5,7,9H,3-4,6H2,1-2H3. The minimum absolute atomic E-state index is 0.565. The summed E-state index contributed by atoms with van der Waals surface area (Å²) in [5.41, 5.74) is 3.00. The molecule has 100 valence electrons. The van der Waals surface area contributed by atoms with Crippen molar-refractivity contribution in [3.8, 4) is 0 Å². The molecule has 1 saturated carbocycles. The minimum atomic E-state index is 0.565. The molecule has 0 radical (unpaired) electrons. The molecule has 2 heterocycles. The molecule has 0 bridgehead atoms. The second-order valence-electron chi connectivity index (χ2n) is 4.90. The Morgan fingerprint density at radius 1 is 1.42 bits per heavy atom. The summed E-state index contributed by atoms with van der Waals surface area (Å²) in [6, 6.07) is 1.97. The van der Waals surface area contributed by atoms with Crippen molar-refractivity contribution < 1.29 is 0 Å². The van der Waals surface area contributed by atoms with Crippen LogP contribution in [0.3, 0.4) is 0 Å². The molecular weight excluding hydrogens is 324 g/mol. The molecule has 4 nitrogen and oxygen atoms in total. The third-order valence-corrected chi connectivity index (χ3v) is 4.58. The first-order chi connectivity index (χ1) is 9.13. The van der Waals surface area contributed by atoms with Crippen LogP contribution >= 0.6 is 27.3 Å². The van der Waals surface area contributed by atoms with Crippen LogP contribution in [-0.4, -0.2) is 22.0 Å². The maximum absolute atomic E-state index is 4.67. The second kappa shape index (κ2) is 5.17. The van der Waals surface area contributed by atoms with Crippen LogP contribution in [0.4, 0.5) is 5.82 Å². The van der Waals surface area contributed by atoms with Crippen LogP contribution < -0.4 is 4.90 Å². The monoisotopic (exact) mass is 338 g/mol. The van der Waals surface area contributed by atoms with Crippen molar-refractivity contribution in [2.45, 2.75) is 32.2 Å². The van der Waals surface area contributed by atoms with Gasteiger partial charge in [0, 0.05) is 23.9 Å². The third-order valence-electron chi connectivity index (χ3n) is 3.26. The van der Waals surface area contributed by atoms with Crippen LogP contribution in [0.25, 0.3) is 0 Å². The van der Waals surface area contributed by atoms with Gasteiger partial charge >= 0.3 is 0 Å². The van der Waals surface area contributed by atoms with E-state index in [1.54, 1.807) is 11.3 Å². The predicted molar refractivity (Wildman–Crippen MR) is 80.7 cm³/mol. The summed E-state index contributed by atoms with van der Waals surface area (Å²) in [5, 5.41) is 0. The van der Waals surface area contributed by atoms with Crippen molar-refractivity contribution in [1.82, 2.24) is 15.0 Å². The zero-order valence-corrected chi connectivity index (χ0v) is 13.3. The van der Waals surface area contributed by atoms with Crippen LogP contribution in [0.1, 0.15) is 35.2 Å². The summed E-state index contributed by atoms with van der Waals surface area (Å²) < 4.78 is 0.868. The molecule has 0 aliphatic heterocycles. The van der Waals surface area contributed by atoms with E-state index in [1.807, 2.05) is 18.5 Å². The Morgan fingerprint density at radius 3 is 2.84 bits per heavy atom. The van der Waals surface area contributed by atoms with Gasteiger partial charge in [0.15, 0.2) is 0 Å². The van der Waals surface area contributed by atoms with Gasteiger partial charge in [0.05, 0.1) is 17.7 Å². The Morgan fingerprint density at radius 2 is 2.21 bits per heavy atom. The number of aromatic nitrogens is 3. The van der Waals surface area contributed by atoms with Gasteiger partial charge in [0.2, 0.25) is 0 Å². The summed E-state index contributed by atoms with van der Waals surface area (Å²) in [6.45, 7) is 2.88. The van der Waals surface area contributed by atoms with Crippen molar-refractivity contribution in [2.24, 2.45) is 0 Å². The van der Waals surface area contributed by atoms with E-state index in [9.17, 15) is 0 Å². The van der Waals surface area contributed by atoms with E-state index in [0.717, 1.165) is 28.5 Å². The molecule has 0 N–H and O–H groups in total. The quantitative estimate of drug-likeness (QED) is 0.800. The molecule has 1 aliphatic carbocycles. The zero-order chi connectivity index (χ0) is 13.4. The molecule has 1 fully saturated rings. The van der Waals surface area contributed by atoms with E-state index >= 15 is 0 Å². The fourth-order valence-electron chi connectivity index (χ4n) is 1.92. The van der Waals surface area contributed by atoms with E-state index < -0.39 is 0 Å². The molecule has 19 heavy (non-hydrogen) atoms. The highest BCUT2D eigenvalue weighted by molar-refractivity contribution is 9.10. The summed E-state index contributed by atoms with van der Waals surface area (Å²) in [4.78, 5) is 16.9. The predicted octanol–water partition coefficient (Wildman–Crippen LogP) is 3.52. The normalized spacial score (nSPS) is 14.7. The van der Waals surface area contributed by atoms with Gasteiger partial charge in [-0.2, -0.15) is 0 Å². The Balaban J connectivity index is 1.82. The maximum Gasteiger partial charge on any atom is 0.135 e. The van der Waals surface area contributed by atoms with Gasteiger partial charge < -0.3 is 4.90 Å². The molecule has 1 aliphatic rings. The van der Waals surface area contributed by atoms with Gasteiger partial charge in [-0.15, -0.1) is 11.3 Å². The van der Waals surface area contributed by atoms with E-state index in [4.69, 9.17) is 0 Å². The number of rotatable bonds is 4. The highest BCUT2D eigenvalue weighted by atomic mass is 79.9. The van der Waals surface area contributed by atoms with E-state index in [-0.39, 0.29) is 0 Å². The molecule has 0 spiro atoms. The lowest BCUT2D eigenvalue weighted by atomic mass is 10.3. The van der Waals surface area contributed by atoms with E-state index in [1.165, 1.54) is 17.7 Å². The molecule has 2 aromatic rings. The fraction of sp³-hybridized carbons (Fsp3) is 0.462. The lowest BCUT2D eigenvalue weighted by Crippen LogP contribution is -2.18. The first-order valence-electron chi connectivity index (χ1n) is 6.28. The van der Waals surface area contributed by atoms with Gasteiger partial charge in [0.1, 0.15) is 16.2 Å². The van der Waals surface area contributed by atoms with Crippen LogP contribution in [0.5, 0.6) is 0 Å². The van der Waals surface area contributed by atoms with Crippen LogP contribution in [-0.2, 0) is 6.54 Å². The van der Waals surface area contributed by atoms with E-state index in [2.05, 4.69) is 42.8 Å². The molecule has 0 saturated heterocycles. The summed E-state index contributed by atoms with van der Waals surface area (Å²) in [6.07, 6.45) is 2.43. The average Bonchev–Trinajstić information content (AvgIpc) is 3.15. The molecule has 0 amide bonds. The molecule has 2 aromatic heterocycles. The average molecular weight is 339 g/mol. The zero-order valence-electron chi connectivity index (χ0n) is 10.9. The number of hydrogen-bond acceptors (Lipinski definition) is 5. The Bertz CT molecular complexity index is 594. The highest BCUT2D eigenvalue weighted by Crippen LogP contribution is 2.39. The minimum Gasteiger partial charge on any atom is -0.354 e. The summed E-state index contributed by atoms with van der Waals surface area (Å²) in [7, 11) is 2.06. The summed E-state index contributed by atoms with van der Waals surface area (Å²) >= 11 is 5.17. The number of thiazole rings is 1. The highest BCUT2D eigenvalue weighted by Gasteiger charge is 2.27. The molecule has 0 atom stereocenters. The van der Waals surface area contributed by atoms with Crippen molar-refractivity contribution in [1.29, 1.82) is 0 Å². The Labute approximate surface area is 125 Å². The second-order valence-corrected chi connectivity index (χ2v) is 6.65. The van der Waals surface area contributed by atoms with Gasteiger partial charge in [-0.1, -0.05) is 0 Å². The smallest absolute Gasteiger partial charge is 0.135 e. The van der Waals surface area contributed by atoms with Crippen molar-refractivity contribution in [3.63, 3.8) is 0 Å². The topological polar surface area (TPSA) is 41.9 Å². The lowest BCUT2D eigenvalue weighted by molar-refractivity contribution is 0.850. The number of hydrogen-bond donors (Lipinski definition) is 0. The van der Waals surface area contributed by atoms with Gasteiger partial charge in [0.25, 0.3) is 0 Å². The molecule has 3 rings (SSSR count). The third kappa shape index (κ3) is 2.95. The Kier molecular flexibility index (Phi) is 3.54. The molecule has 0 unspecified atom stereocenters. The number of nitrogens with zero attached hydrogens (tertiary/aromatic N) is 4. The van der Waals surface area contributed by atoms with Crippen LogP contribution in [0.15, 0.2) is 16.2 Å². The van der Waals surface area contributed by atoms with Gasteiger partial charge in [-0.3, -0.25) is 0 Å². The van der Waals surface area contributed by atoms with Gasteiger partial charge in [-0.05, 0) is 35.7 Å². The molecule has 6 heteroatoms. The lowest BCUT2D eigenvalue weighted by Gasteiger charge is -2.18. The molecular formula is C13H15BrN4S. The fourth-order valence-corrected chi connectivity index (χ4v) is 3.13. The van der Waals surface area contributed by atoms with E-state index in [0.29, 0.717) is 5.92 Å². The van der Waals surface area contributed by atoms with Crippen molar-refractivity contribution >= 4 is 33.1 Å². The number of aryl methyl sites for hydroxylation is 1.